The molecule has 1 aliphatic rings. The summed E-state index contributed by atoms with van der Waals surface area (Å²) in [6.07, 6.45) is 1.99. The maximum atomic E-state index is 13.4. The Morgan fingerprint density at radius 1 is 1.03 bits per heavy atom. The van der Waals surface area contributed by atoms with Gasteiger partial charge in [-0.15, -0.1) is 0 Å². The van der Waals surface area contributed by atoms with Crippen molar-refractivity contribution in [3.63, 3.8) is 0 Å². The quantitative estimate of drug-likeness (QED) is 0.687. The summed E-state index contributed by atoms with van der Waals surface area (Å²) in [5, 5.41) is 2.85. The van der Waals surface area contributed by atoms with Crippen LogP contribution in [0.1, 0.15) is 22.4 Å². The number of nitrogens with one attached hydrogen (secondary N) is 1. The van der Waals surface area contributed by atoms with E-state index in [0.29, 0.717) is 6.42 Å². The Morgan fingerprint density at radius 3 is 2.43 bits per heavy atom. The molecule has 0 aliphatic carbocycles. The van der Waals surface area contributed by atoms with Crippen molar-refractivity contribution in [2.24, 2.45) is 0 Å². The Hall–Kier alpha value is -3.03. The molecule has 1 N–H and O–H groups in total. The largest absolute Gasteiger partial charge is 0.349 e. The van der Waals surface area contributed by atoms with E-state index in [1.54, 1.807) is 36.5 Å². The van der Waals surface area contributed by atoms with Gasteiger partial charge >= 0.3 is 0 Å². The number of hydrogen-bond acceptors (Lipinski definition) is 4. The first kappa shape index (κ1) is 20.3. The molecular formula is C23H23N3O3S. The molecule has 0 saturated heterocycles. The van der Waals surface area contributed by atoms with Crippen LogP contribution in [0.5, 0.6) is 0 Å². The van der Waals surface area contributed by atoms with Crippen LogP contribution in [0.3, 0.4) is 0 Å². The molecule has 1 aromatic heterocycles. The van der Waals surface area contributed by atoms with E-state index in [-0.39, 0.29) is 23.9 Å². The van der Waals surface area contributed by atoms with Crippen molar-refractivity contribution in [2.45, 2.75) is 37.4 Å². The highest BCUT2D eigenvalue weighted by Gasteiger charge is 2.39. The van der Waals surface area contributed by atoms with Crippen LogP contribution in [0.4, 0.5) is 0 Å². The monoisotopic (exact) mass is 421 g/mol. The Balaban J connectivity index is 1.65. The zero-order valence-corrected chi connectivity index (χ0v) is 17.5. The molecule has 4 rings (SSSR count). The summed E-state index contributed by atoms with van der Waals surface area (Å²) in [5.41, 5.74) is 3.60. The summed E-state index contributed by atoms with van der Waals surface area (Å²) in [7, 11) is -3.84. The minimum atomic E-state index is -3.84. The first-order valence-corrected chi connectivity index (χ1v) is 11.2. The number of benzene rings is 2. The lowest BCUT2D eigenvalue weighted by molar-refractivity contribution is -0.125. The number of pyridine rings is 1. The number of rotatable bonds is 5. The number of sulfonamides is 1. The van der Waals surface area contributed by atoms with Gasteiger partial charge in [-0.3, -0.25) is 9.78 Å². The molecule has 0 bridgehead atoms. The normalized spacial score (nSPS) is 16.6. The SMILES string of the molecule is Cc1ccc(S(=O)(=O)N2Cc3ccccc3CC2C(=O)NCc2ccccn2)cc1. The molecule has 2 heterocycles. The van der Waals surface area contributed by atoms with Crippen LogP contribution in [0.15, 0.2) is 77.8 Å². The van der Waals surface area contributed by atoms with E-state index >= 15 is 0 Å². The third-order valence-electron chi connectivity index (χ3n) is 5.31. The molecule has 6 nitrogen and oxygen atoms in total. The summed E-state index contributed by atoms with van der Waals surface area (Å²) < 4.78 is 28.2. The van der Waals surface area contributed by atoms with Crippen LogP contribution in [0, 0.1) is 6.92 Å². The first-order valence-electron chi connectivity index (χ1n) is 9.78. The Bertz CT molecular complexity index is 1150. The van der Waals surface area contributed by atoms with Gasteiger partial charge in [-0.25, -0.2) is 8.42 Å². The Labute approximate surface area is 176 Å². The van der Waals surface area contributed by atoms with E-state index in [1.807, 2.05) is 43.3 Å². The fourth-order valence-corrected chi connectivity index (χ4v) is 5.18. The highest BCUT2D eigenvalue weighted by molar-refractivity contribution is 7.89. The third kappa shape index (κ3) is 4.13. The molecule has 154 valence electrons. The molecule has 2 aromatic carbocycles. The Kier molecular flexibility index (Phi) is 5.65. The number of hydrogen-bond donors (Lipinski definition) is 1. The van der Waals surface area contributed by atoms with Crippen molar-refractivity contribution in [1.82, 2.24) is 14.6 Å². The lowest BCUT2D eigenvalue weighted by Crippen LogP contribution is -2.52. The standard InChI is InChI=1S/C23H23N3O3S/c1-17-9-11-21(12-10-17)30(28,29)26-16-19-7-3-2-6-18(19)14-22(26)23(27)25-15-20-8-4-5-13-24-20/h2-13,22H,14-16H2,1H3,(H,25,27). The number of carbonyl (C=O) groups is 1. The summed E-state index contributed by atoms with van der Waals surface area (Å²) in [6.45, 7) is 2.31. The van der Waals surface area contributed by atoms with E-state index in [9.17, 15) is 13.2 Å². The van der Waals surface area contributed by atoms with Crippen LogP contribution in [0.2, 0.25) is 0 Å². The van der Waals surface area contributed by atoms with Crippen LogP contribution in [-0.4, -0.2) is 29.7 Å². The van der Waals surface area contributed by atoms with Crippen molar-refractivity contribution >= 4 is 15.9 Å². The highest BCUT2D eigenvalue weighted by Crippen LogP contribution is 2.29. The molecule has 30 heavy (non-hydrogen) atoms. The minimum absolute atomic E-state index is 0.161. The van der Waals surface area contributed by atoms with Gasteiger partial charge < -0.3 is 5.32 Å². The molecule has 3 aromatic rings. The Morgan fingerprint density at radius 2 is 1.73 bits per heavy atom. The summed E-state index contributed by atoms with van der Waals surface area (Å²) in [4.78, 5) is 17.5. The molecule has 0 spiro atoms. The van der Waals surface area contributed by atoms with E-state index in [2.05, 4.69) is 10.3 Å². The first-order chi connectivity index (χ1) is 14.4. The number of aromatic nitrogens is 1. The number of carbonyl (C=O) groups excluding carboxylic acids is 1. The molecule has 0 fully saturated rings. The second-order valence-corrected chi connectivity index (χ2v) is 9.28. The molecule has 0 saturated carbocycles. The third-order valence-corrected chi connectivity index (χ3v) is 7.17. The molecule has 0 radical (unpaired) electrons. The van der Waals surface area contributed by atoms with Gasteiger partial charge in [0.1, 0.15) is 6.04 Å². The lowest BCUT2D eigenvalue weighted by Gasteiger charge is -2.35. The molecule has 1 unspecified atom stereocenters. The second-order valence-electron chi connectivity index (χ2n) is 7.39. The van der Waals surface area contributed by atoms with Crippen LogP contribution in [0.25, 0.3) is 0 Å². The molecule has 1 aliphatic heterocycles. The van der Waals surface area contributed by atoms with Gasteiger partial charge in [0.25, 0.3) is 0 Å². The predicted octanol–water partition coefficient (Wildman–Crippen LogP) is 2.82. The molecule has 1 atom stereocenters. The number of amides is 1. The van der Waals surface area contributed by atoms with Gasteiger partial charge in [0.15, 0.2) is 0 Å². The molecule has 1 amide bonds. The van der Waals surface area contributed by atoms with Crippen molar-refractivity contribution in [1.29, 1.82) is 0 Å². The zero-order chi connectivity index (χ0) is 21.1. The fourth-order valence-electron chi connectivity index (χ4n) is 3.62. The van der Waals surface area contributed by atoms with Crippen LogP contribution < -0.4 is 5.32 Å². The van der Waals surface area contributed by atoms with E-state index in [1.165, 1.54) is 4.31 Å². The molecule has 7 heteroatoms. The number of aryl methyl sites for hydroxylation is 1. The van der Waals surface area contributed by atoms with Gasteiger partial charge in [-0.1, -0.05) is 48.0 Å². The van der Waals surface area contributed by atoms with Gasteiger partial charge in [0, 0.05) is 12.7 Å². The van der Waals surface area contributed by atoms with Gasteiger partial charge in [-0.2, -0.15) is 4.31 Å². The predicted molar refractivity (Wildman–Crippen MR) is 114 cm³/mol. The van der Waals surface area contributed by atoms with Crippen LogP contribution in [-0.2, 0) is 34.3 Å². The number of nitrogens with zero attached hydrogens (tertiary/aromatic N) is 2. The lowest BCUT2D eigenvalue weighted by atomic mass is 9.95. The van der Waals surface area contributed by atoms with Crippen LogP contribution >= 0.6 is 0 Å². The summed E-state index contributed by atoms with van der Waals surface area (Å²) >= 11 is 0. The topological polar surface area (TPSA) is 79.4 Å². The van der Waals surface area contributed by atoms with E-state index in [4.69, 9.17) is 0 Å². The maximum absolute atomic E-state index is 13.4. The maximum Gasteiger partial charge on any atom is 0.244 e. The second kappa shape index (κ2) is 8.38. The van der Waals surface area contributed by atoms with Gasteiger partial charge in [-0.05, 0) is 48.7 Å². The van der Waals surface area contributed by atoms with Crippen molar-refractivity contribution in [2.75, 3.05) is 0 Å². The van der Waals surface area contributed by atoms with Gasteiger partial charge in [0.2, 0.25) is 15.9 Å². The average molecular weight is 422 g/mol. The van der Waals surface area contributed by atoms with Gasteiger partial charge in [0.05, 0.1) is 17.1 Å². The summed E-state index contributed by atoms with van der Waals surface area (Å²) in [5.74, 6) is -0.328. The smallest absolute Gasteiger partial charge is 0.244 e. The fraction of sp³-hybridized carbons (Fsp3) is 0.217. The number of fused-ring (bicyclic) bond motifs is 1. The zero-order valence-electron chi connectivity index (χ0n) is 16.7. The van der Waals surface area contributed by atoms with Crippen molar-refractivity contribution in [3.8, 4) is 0 Å². The minimum Gasteiger partial charge on any atom is -0.349 e. The molecular weight excluding hydrogens is 398 g/mol. The van der Waals surface area contributed by atoms with Crippen molar-refractivity contribution < 1.29 is 13.2 Å². The van der Waals surface area contributed by atoms with E-state index in [0.717, 1.165) is 22.4 Å². The average Bonchev–Trinajstić information content (AvgIpc) is 2.77. The van der Waals surface area contributed by atoms with E-state index < -0.39 is 16.1 Å². The van der Waals surface area contributed by atoms with Crippen molar-refractivity contribution in [3.05, 3.63) is 95.3 Å². The summed E-state index contributed by atoms with van der Waals surface area (Å²) in [6, 6.07) is 19.0. The highest BCUT2D eigenvalue weighted by atomic mass is 32.2.